The molecule has 33 heavy (non-hydrogen) atoms. The summed E-state index contributed by atoms with van der Waals surface area (Å²) in [5.41, 5.74) is 2.19. The maximum atomic E-state index is 12.5. The lowest BCUT2D eigenvalue weighted by Crippen LogP contribution is -2.32. The maximum Gasteiger partial charge on any atom is 0.257 e. The number of nitrogens with one attached hydrogen (secondary N) is 3. The molecule has 0 fully saturated rings. The van der Waals surface area contributed by atoms with E-state index in [4.69, 9.17) is 40.2 Å². The van der Waals surface area contributed by atoms with Crippen molar-refractivity contribution in [1.82, 2.24) is 5.32 Å². The summed E-state index contributed by atoms with van der Waals surface area (Å²) in [5, 5.41) is 9.32. The van der Waals surface area contributed by atoms with Gasteiger partial charge in [0.05, 0.1) is 23.4 Å². The molecule has 0 aliphatic heterocycles. The number of carbonyl (C=O) groups is 2. The molecule has 3 aromatic rings. The molecule has 0 bridgehead atoms. The quantitative estimate of drug-likeness (QED) is 0.295. The van der Waals surface area contributed by atoms with Gasteiger partial charge in [-0.3, -0.25) is 14.9 Å². The Labute approximate surface area is 206 Å². The summed E-state index contributed by atoms with van der Waals surface area (Å²) in [6.45, 7) is 0. The predicted molar refractivity (Wildman–Crippen MR) is 137 cm³/mol. The van der Waals surface area contributed by atoms with Crippen molar-refractivity contribution in [3.05, 3.63) is 94.0 Å². The molecule has 0 aliphatic carbocycles. The van der Waals surface area contributed by atoms with Gasteiger partial charge in [0.1, 0.15) is 5.75 Å². The van der Waals surface area contributed by atoms with Crippen molar-refractivity contribution in [1.29, 1.82) is 0 Å². The Balaban J connectivity index is 1.61. The van der Waals surface area contributed by atoms with Gasteiger partial charge in [-0.1, -0.05) is 47.5 Å². The SMILES string of the molecule is COc1cc(NC(=S)NC(=O)/C=C/c2ccc(Cl)cc2)ccc1NC(=O)c1ccccc1Cl. The minimum atomic E-state index is -0.391. The van der Waals surface area contributed by atoms with Gasteiger partial charge in [0.2, 0.25) is 5.91 Å². The van der Waals surface area contributed by atoms with Gasteiger partial charge in [-0.25, -0.2) is 0 Å². The van der Waals surface area contributed by atoms with Crippen molar-refractivity contribution in [3.63, 3.8) is 0 Å². The number of anilines is 2. The summed E-state index contributed by atoms with van der Waals surface area (Å²) < 4.78 is 5.37. The van der Waals surface area contributed by atoms with E-state index in [1.807, 2.05) is 0 Å². The summed E-state index contributed by atoms with van der Waals surface area (Å²) in [6, 6.07) is 18.8. The largest absolute Gasteiger partial charge is 0.494 e. The van der Waals surface area contributed by atoms with Gasteiger partial charge < -0.3 is 15.4 Å². The summed E-state index contributed by atoms with van der Waals surface area (Å²) in [7, 11) is 1.48. The van der Waals surface area contributed by atoms with Gasteiger partial charge >= 0.3 is 0 Å². The van der Waals surface area contributed by atoms with E-state index in [0.717, 1.165) is 5.56 Å². The Morgan fingerprint density at radius 2 is 1.70 bits per heavy atom. The Hall–Kier alpha value is -3.39. The second kappa shape index (κ2) is 11.5. The van der Waals surface area contributed by atoms with E-state index in [0.29, 0.717) is 32.7 Å². The van der Waals surface area contributed by atoms with E-state index < -0.39 is 5.91 Å². The van der Waals surface area contributed by atoms with Crippen molar-refractivity contribution in [2.45, 2.75) is 0 Å². The molecule has 2 amide bonds. The number of thiocarbonyl (C=S) groups is 1. The highest BCUT2D eigenvalue weighted by Crippen LogP contribution is 2.29. The van der Waals surface area contributed by atoms with Crippen LogP contribution in [0.3, 0.4) is 0 Å². The van der Waals surface area contributed by atoms with Gasteiger partial charge in [0.25, 0.3) is 5.91 Å². The lowest BCUT2D eigenvalue weighted by molar-refractivity contribution is -0.115. The van der Waals surface area contributed by atoms with Crippen LogP contribution in [0, 0.1) is 0 Å². The van der Waals surface area contributed by atoms with Crippen molar-refractivity contribution in [3.8, 4) is 5.75 Å². The van der Waals surface area contributed by atoms with Gasteiger partial charge in [-0.05, 0) is 60.3 Å². The zero-order valence-electron chi connectivity index (χ0n) is 17.4. The fourth-order valence-electron chi connectivity index (χ4n) is 2.77. The van der Waals surface area contributed by atoms with E-state index >= 15 is 0 Å². The van der Waals surface area contributed by atoms with Crippen LogP contribution in [-0.4, -0.2) is 24.0 Å². The summed E-state index contributed by atoms with van der Waals surface area (Å²) in [4.78, 5) is 24.6. The van der Waals surface area contributed by atoms with Crippen LogP contribution in [0.4, 0.5) is 11.4 Å². The fraction of sp³-hybridized carbons (Fsp3) is 0.0417. The molecule has 9 heteroatoms. The number of carbonyl (C=O) groups excluding carboxylic acids is 2. The van der Waals surface area contributed by atoms with E-state index in [9.17, 15) is 9.59 Å². The molecule has 0 saturated heterocycles. The number of halogens is 2. The molecule has 0 aliphatic rings. The average Bonchev–Trinajstić information content (AvgIpc) is 2.79. The molecule has 0 aromatic heterocycles. The first-order valence-corrected chi connectivity index (χ1v) is 10.8. The molecule has 0 atom stereocenters. The lowest BCUT2D eigenvalue weighted by atomic mass is 10.2. The van der Waals surface area contributed by atoms with E-state index in [1.54, 1.807) is 72.8 Å². The molecule has 0 spiro atoms. The highest BCUT2D eigenvalue weighted by molar-refractivity contribution is 7.80. The lowest BCUT2D eigenvalue weighted by Gasteiger charge is -2.14. The molecule has 168 valence electrons. The molecule has 3 rings (SSSR count). The number of benzene rings is 3. The minimum absolute atomic E-state index is 0.107. The van der Waals surface area contributed by atoms with Crippen molar-refractivity contribution < 1.29 is 14.3 Å². The minimum Gasteiger partial charge on any atom is -0.494 e. The topological polar surface area (TPSA) is 79.5 Å². The smallest absolute Gasteiger partial charge is 0.257 e. The Morgan fingerprint density at radius 3 is 2.39 bits per heavy atom. The third-order valence-electron chi connectivity index (χ3n) is 4.36. The number of amides is 2. The van der Waals surface area contributed by atoms with Crippen LogP contribution >= 0.6 is 35.4 Å². The predicted octanol–water partition coefficient (Wildman–Crippen LogP) is 5.78. The first-order valence-electron chi connectivity index (χ1n) is 9.65. The van der Waals surface area contributed by atoms with Crippen LogP contribution < -0.4 is 20.7 Å². The third kappa shape index (κ3) is 7.05. The van der Waals surface area contributed by atoms with Gasteiger partial charge in [0.15, 0.2) is 5.11 Å². The van der Waals surface area contributed by atoms with E-state index in [2.05, 4.69) is 16.0 Å². The molecule has 3 aromatic carbocycles. The van der Waals surface area contributed by atoms with E-state index in [-0.39, 0.29) is 11.0 Å². The van der Waals surface area contributed by atoms with E-state index in [1.165, 1.54) is 13.2 Å². The van der Waals surface area contributed by atoms with Crippen LogP contribution in [0.1, 0.15) is 15.9 Å². The van der Waals surface area contributed by atoms with Gasteiger partial charge in [0, 0.05) is 22.9 Å². The summed E-state index contributed by atoms with van der Waals surface area (Å²) in [6.07, 6.45) is 3.01. The van der Waals surface area contributed by atoms with Crippen molar-refractivity contribution >= 4 is 69.8 Å². The number of hydrogen-bond donors (Lipinski definition) is 3. The second-order valence-corrected chi connectivity index (χ2v) is 7.93. The third-order valence-corrected chi connectivity index (χ3v) is 5.15. The average molecular weight is 500 g/mol. The van der Waals surface area contributed by atoms with Gasteiger partial charge in [-0.15, -0.1) is 0 Å². The summed E-state index contributed by atoms with van der Waals surface area (Å²) >= 11 is 17.1. The molecule has 3 N–H and O–H groups in total. The molecule has 6 nitrogen and oxygen atoms in total. The zero-order chi connectivity index (χ0) is 23.8. The molecule has 0 saturated carbocycles. The number of hydrogen-bond acceptors (Lipinski definition) is 4. The zero-order valence-corrected chi connectivity index (χ0v) is 19.7. The normalized spacial score (nSPS) is 10.5. The molecule has 0 radical (unpaired) electrons. The molecule has 0 unspecified atom stereocenters. The van der Waals surface area contributed by atoms with Crippen LogP contribution in [0.15, 0.2) is 72.8 Å². The number of ether oxygens (including phenoxy) is 1. The fourth-order valence-corrected chi connectivity index (χ4v) is 3.33. The van der Waals surface area contributed by atoms with Gasteiger partial charge in [-0.2, -0.15) is 0 Å². The monoisotopic (exact) mass is 499 g/mol. The van der Waals surface area contributed by atoms with Crippen LogP contribution in [0.2, 0.25) is 10.0 Å². The van der Waals surface area contributed by atoms with Crippen molar-refractivity contribution in [2.24, 2.45) is 0 Å². The van der Waals surface area contributed by atoms with Crippen LogP contribution in [0.25, 0.3) is 6.08 Å². The highest BCUT2D eigenvalue weighted by Gasteiger charge is 2.13. The Morgan fingerprint density at radius 1 is 0.970 bits per heavy atom. The first kappa shape index (κ1) is 24.3. The Kier molecular flexibility index (Phi) is 8.43. The highest BCUT2D eigenvalue weighted by atomic mass is 35.5. The maximum absolute atomic E-state index is 12.5. The molecular formula is C24H19Cl2N3O3S. The number of rotatable bonds is 6. The molecule has 0 heterocycles. The van der Waals surface area contributed by atoms with Crippen LogP contribution in [-0.2, 0) is 4.79 Å². The molecular weight excluding hydrogens is 481 g/mol. The Bertz CT molecular complexity index is 1210. The number of methoxy groups -OCH3 is 1. The van der Waals surface area contributed by atoms with Crippen LogP contribution in [0.5, 0.6) is 5.75 Å². The van der Waals surface area contributed by atoms with Crippen molar-refractivity contribution in [2.75, 3.05) is 17.7 Å². The first-order chi connectivity index (χ1) is 15.9. The summed E-state index contributed by atoms with van der Waals surface area (Å²) in [5.74, 6) is -0.356. The second-order valence-electron chi connectivity index (χ2n) is 6.68. The standard InChI is InChI=1S/C24H19Cl2N3O3S/c1-32-21-14-17(11-12-20(21)28-23(31)18-4-2-3-5-19(18)26)27-24(33)29-22(30)13-8-15-6-9-16(25)10-7-15/h2-14H,1H3,(H,28,31)(H2,27,29,30,33)/b13-8+.